The first-order chi connectivity index (χ1) is 5.46. The molecule has 0 heterocycles. The van der Waals surface area contributed by atoms with Gasteiger partial charge in [0, 0.05) is 0 Å². The fraction of sp³-hybridized carbons (Fsp3) is 0. The lowest BCUT2D eigenvalue weighted by molar-refractivity contribution is 0.470. The largest absolute Gasteiger partial charge is 0.505 e. The van der Waals surface area contributed by atoms with Gasteiger partial charge >= 0.3 is 0 Å². The molecule has 66 valence electrons. The normalized spacial score (nSPS) is 10.4. The molecule has 0 atom stereocenters. The van der Waals surface area contributed by atoms with Crippen molar-refractivity contribution in [2.75, 3.05) is 0 Å². The Morgan fingerprint density at radius 3 is 1.83 bits per heavy atom. The molecule has 0 bridgehead atoms. The van der Waals surface area contributed by atoms with Gasteiger partial charge < -0.3 is 5.11 Å². The molecule has 0 spiro atoms. The van der Waals surface area contributed by atoms with Crippen molar-refractivity contribution in [3.8, 4) is 5.75 Å². The molecule has 0 saturated carbocycles. The molecule has 0 unspecified atom stereocenters. The summed E-state index contributed by atoms with van der Waals surface area (Å²) in [7, 11) is 0. The third kappa shape index (κ3) is 1.44. The number of benzene rings is 1. The Morgan fingerprint density at radius 1 is 0.833 bits per heavy atom. The molecular weight excluding hydrogens is 249 g/mol. The zero-order valence-electron chi connectivity index (χ0n) is 5.34. The van der Waals surface area contributed by atoms with Crippen LogP contribution in [-0.4, -0.2) is 5.11 Å². The van der Waals surface area contributed by atoms with Crippen LogP contribution in [0.15, 0.2) is 0 Å². The van der Waals surface area contributed by atoms with Gasteiger partial charge in [0.25, 0.3) is 0 Å². The summed E-state index contributed by atoms with van der Waals surface area (Å²) in [5.74, 6) is -1.59. The van der Waals surface area contributed by atoms with E-state index in [1.54, 1.807) is 0 Å². The van der Waals surface area contributed by atoms with Crippen molar-refractivity contribution in [2.45, 2.75) is 0 Å². The average molecular weight is 250 g/mol. The Balaban J connectivity index is 3.60. The molecule has 1 rings (SSSR count). The van der Waals surface area contributed by atoms with Gasteiger partial charge in [-0.3, -0.25) is 0 Å². The number of aromatic hydroxyl groups is 1. The van der Waals surface area contributed by atoms with Crippen LogP contribution in [0.5, 0.6) is 5.75 Å². The molecule has 1 aromatic rings. The van der Waals surface area contributed by atoms with E-state index in [0.717, 1.165) is 0 Å². The van der Waals surface area contributed by atoms with Crippen molar-refractivity contribution < 1.29 is 9.50 Å². The fourth-order valence-corrected chi connectivity index (χ4v) is 1.48. The predicted molar refractivity (Wildman–Crippen MR) is 48.1 cm³/mol. The monoisotopic (exact) mass is 248 g/mol. The number of phenolic OH excluding ortho intramolecular Hbond substituents is 1. The molecule has 1 aromatic carbocycles. The van der Waals surface area contributed by atoms with Crippen molar-refractivity contribution >= 4 is 46.4 Å². The summed E-state index contributed by atoms with van der Waals surface area (Å²) in [5, 5.41) is 7.61. The van der Waals surface area contributed by atoms with Crippen molar-refractivity contribution in [1.29, 1.82) is 0 Å². The van der Waals surface area contributed by atoms with E-state index in [2.05, 4.69) is 0 Å². The third-order valence-corrected chi connectivity index (χ3v) is 2.83. The molecular formula is C6HCl4FO. The van der Waals surface area contributed by atoms with E-state index in [1.165, 1.54) is 0 Å². The molecule has 12 heavy (non-hydrogen) atoms. The van der Waals surface area contributed by atoms with E-state index in [1.807, 2.05) is 0 Å². The summed E-state index contributed by atoms with van der Waals surface area (Å²) >= 11 is 21.6. The first-order valence-electron chi connectivity index (χ1n) is 2.67. The molecule has 0 amide bonds. The van der Waals surface area contributed by atoms with Crippen LogP contribution in [0.2, 0.25) is 20.1 Å². The lowest BCUT2D eigenvalue weighted by atomic mass is 10.3. The first kappa shape index (κ1) is 10.2. The number of halogens is 5. The Kier molecular flexibility index (Phi) is 2.94. The topological polar surface area (TPSA) is 20.2 Å². The minimum Gasteiger partial charge on any atom is -0.505 e. The Labute approximate surface area is 87.6 Å². The third-order valence-electron chi connectivity index (χ3n) is 1.19. The molecule has 0 saturated heterocycles. The maximum Gasteiger partial charge on any atom is 0.165 e. The average Bonchev–Trinajstić information content (AvgIpc) is 2.08. The van der Waals surface area contributed by atoms with Gasteiger partial charge in [0.1, 0.15) is 10.0 Å². The second-order valence-electron chi connectivity index (χ2n) is 1.92. The van der Waals surface area contributed by atoms with Crippen LogP contribution in [0.25, 0.3) is 0 Å². The van der Waals surface area contributed by atoms with E-state index in [-0.39, 0.29) is 10.0 Å². The molecule has 0 aliphatic rings. The van der Waals surface area contributed by atoms with Gasteiger partial charge in [0.2, 0.25) is 0 Å². The van der Waals surface area contributed by atoms with Gasteiger partial charge in [-0.2, -0.15) is 0 Å². The number of rotatable bonds is 0. The summed E-state index contributed by atoms with van der Waals surface area (Å²) in [4.78, 5) is 0. The van der Waals surface area contributed by atoms with Crippen LogP contribution in [0.1, 0.15) is 0 Å². The Hall–Kier alpha value is 0.110. The molecule has 0 aliphatic carbocycles. The summed E-state index contributed by atoms with van der Waals surface area (Å²) in [6.07, 6.45) is 0. The van der Waals surface area contributed by atoms with E-state index in [0.29, 0.717) is 0 Å². The Morgan fingerprint density at radius 2 is 1.33 bits per heavy atom. The lowest BCUT2D eigenvalue weighted by Crippen LogP contribution is -1.83. The number of hydrogen-bond acceptors (Lipinski definition) is 1. The highest BCUT2D eigenvalue weighted by atomic mass is 35.5. The first-order valence-corrected chi connectivity index (χ1v) is 4.18. The summed E-state index contributed by atoms with van der Waals surface area (Å²) in [6, 6.07) is 0. The second-order valence-corrected chi connectivity index (χ2v) is 3.43. The fourth-order valence-electron chi connectivity index (χ4n) is 0.593. The molecule has 0 fully saturated rings. The molecule has 0 radical (unpaired) electrons. The highest BCUT2D eigenvalue weighted by Crippen LogP contribution is 2.43. The van der Waals surface area contributed by atoms with Gasteiger partial charge in [-0.25, -0.2) is 4.39 Å². The van der Waals surface area contributed by atoms with Gasteiger partial charge in [0.15, 0.2) is 11.6 Å². The van der Waals surface area contributed by atoms with E-state index in [4.69, 9.17) is 51.5 Å². The SMILES string of the molecule is Oc1c(Cl)c(F)c(Cl)c(Cl)c1Cl. The zero-order valence-corrected chi connectivity index (χ0v) is 8.36. The van der Waals surface area contributed by atoms with Crippen LogP contribution in [0, 0.1) is 5.82 Å². The minimum atomic E-state index is -0.981. The van der Waals surface area contributed by atoms with Crippen LogP contribution < -0.4 is 0 Å². The van der Waals surface area contributed by atoms with Gasteiger partial charge in [-0.15, -0.1) is 0 Å². The smallest absolute Gasteiger partial charge is 0.165 e. The quantitative estimate of drug-likeness (QED) is 0.541. The van der Waals surface area contributed by atoms with Crippen LogP contribution in [0.3, 0.4) is 0 Å². The van der Waals surface area contributed by atoms with Crippen LogP contribution >= 0.6 is 46.4 Å². The van der Waals surface area contributed by atoms with E-state index >= 15 is 0 Å². The van der Waals surface area contributed by atoms with E-state index in [9.17, 15) is 4.39 Å². The standard InChI is InChI=1S/C6HCl4FO/c7-1-2(8)5(11)4(10)6(12)3(1)9/h12H. The maximum atomic E-state index is 12.9. The second kappa shape index (κ2) is 3.46. The molecule has 1 nitrogen and oxygen atoms in total. The molecule has 6 heteroatoms. The molecule has 0 aromatic heterocycles. The van der Waals surface area contributed by atoms with Crippen LogP contribution in [-0.2, 0) is 0 Å². The zero-order chi connectivity index (χ0) is 9.46. The summed E-state index contributed by atoms with van der Waals surface area (Å²) < 4.78 is 12.9. The van der Waals surface area contributed by atoms with E-state index < -0.39 is 21.6 Å². The van der Waals surface area contributed by atoms with Gasteiger partial charge in [-0.05, 0) is 0 Å². The highest BCUT2D eigenvalue weighted by Gasteiger charge is 2.19. The van der Waals surface area contributed by atoms with Crippen LogP contribution in [0.4, 0.5) is 4.39 Å². The number of phenols is 1. The van der Waals surface area contributed by atoms with Gasteiger partial charge in [-0.1, -0.05) is 46.4 Å². The van der Waals surface area contributed by atoms with Crippen molar-refractivity contribution in [3.05, 3.63) is 25.9 Å². The maximum absolute atomic E-state index is 12.9. The summed E-state index contributed by atoms with van der Waals surface area (Å²) in [5.41, 5.74) is 0. The summed E-state index contributed by atoms with van der Waals surface area (Å²) in [6.45, 7) is 0. The predicted octanol–water partition coefficient (Wildman–Crippen LogP) is 4.14. The lowest BCUT2D eigenvalue weighted by Gasteiger charge is -2.05. The minimum absolute atomic E-state index is 0.252. The van der Waals surface area contributed by atoms with Crippen molar-refractivity contribution in [1.82, 2.24) is 0 Å². The highest BCUT2D eigenvalue weighted by molar-refractivity contribution is 6.50. The number of hydrogen-bond donors (Lipinski definition) is 1. The Bertz CT molecular complexity index is 234. The van der Waals surface area contributed by atoms with Gasteiger partial charge in [0.05, 0.1) is 10.0 Å². The molecule has 0 aliphatic heterocycles. The van der Waals surface area contributed by atoms with Crippen molar-refractivity contribution in [2.24, 2.45) is 0 Å². The molecule has 1 N–H and O–H groups in total. The van der Waals surface area contributed by atoms with Crippen molar-refractivity contribution in [3.63, 3.8) is 0 Å².